The molecule has 1 aromatic carbocycles. The van der Waals surface area contributed by atoms with Gasteiger partial charge in [-0.3, -0.25) is 9.36 Å². The molecule has 1 aliphatic carbocycles. The summed E-state index contributed by atoms with van der Waals surface area (Å²) in [5.41, 5.74) is 2.73. The van der Waals surface area contributed by atoms with Crippen molar-refractivity contribution < 1.29 is 4.79 Å². The Hall–Kier alpha value is -2.89. The Bertz CT molecular complexity index is 1160. The van der Waals surface area contributed by atoms with Crippen LogP contribution >= 0.6 is 23.1 Å². The van der Waals surface area contributed by atoms with Gasteiger partial charge >= 0.3 is 0 Å². The van der Waals surface area contributed by atoms with Gasteiger partial charge in [-0.1, -0.05) is 61.5 Å². The van der Waals surface area contributed by atoms with Crippen LogP contribution in [0, 0.1) is 17.2 Å². The number of hydrogen-bond acceptors (Lipinski definition) is 6. The van der Waals surface area contributed by atoms with E-state index < -0.39 is 0 Å². The van der Waals surface area contributed by atoms with E-state index in [1.807, 2.05) is 34.9 Å². The zero-order valence-electron chi connectivity index (χ0n) is 18.0. The average Bonchev–Trinajstić information content (AvgIpc) is 3.38. The van der Waals surface area contributed by atoms with E-state index >= 15 is 0 Å². The van der Waals surface area contributed by atoms with Crippen molar-refractivity contribution in [2.45, 2.75) is 44.3 Å². The molecule has 8 heteroatoms. The van der Waals surface area contributed by atoms with Crippen LogP contribution in [-0.2, 0) is 24.2 Å². The molecule has 0 saturated carbocycles. The summed E-state index contributed by atoms with van der Waals surface area (Å²) >= 11 is 2.89. The lowest BCUT2D eigenvalue weighted by molar-refractivity contribution is -0.113. The van der Waals surface area contributed by atoms with Gasteiger partial charge in [0, 0.05) is 17.0 Å². The van der Waals surface area contributed by atoms with Gasteiger partial charge in [0.05, 0.1) is 11.3 Å². The smallest absolute Gasteiger partial charge is 0.235 e. The van der Waals surface area contributed by atoms with Gasteiger partial charge in [0.2, 0.25) is 5.91 Å². The maximum Gasteiger partial charge on any atom is 0.235 e. The highest BCUT2D eigenvalue weighted by Gasteiger charge is 2.26. The quantitative estimate of drug-likeness (QED) is 0.361. The van der Waals surface area contributed by atoms with Crippen LogP contribution in [0.1, 0.15) is 35.8 Å². The summed E-state index contributed by atoms with van der Waals surface area (Å²) in [7, 11) is 0. The van der Waals surface area contributed by atoms with Crippen molar-refractivity contribution in [3.05, 3.63) is 59.0 Å². The summed E-state index contributed by atoms with van der Waals surface area (Å²) in [5.74, 6) is 1.46. The van der Waals surface area contributed by atoms with Crippen molar-refractivity contribution in [3.8, 4) is 17.5 Å². The number of fused-ring (bicyclic) bond motifs is 1. The molecule has 1 atom stereocenters. The lowest BCUT2D eigenvalue weighted by atomic mass is 9.86. The molecule has 0 spiro atoms. The van der Waals surface area contributed by atoms with Crippen LogP contribution in [0.2, 0.25) is 0 Å². The Morgan fingerprint density at radius 1 is 1.41 bits per heavy atom. The van der Waals surface area contributed by atoms with Gasteiger partial charge in [0.15, 0.2) is 11.0 Å². The Labute approximate surface area is 196 Å². The van der Waals surface area contributed by atoms with E-state index in [9.17, 15) is 10.1 Å². The second-order valence-electron chi connectivity index (χ2n) is 7.75. The maximum absolute atomic E-state index is 12.7. The molecule has 1 N–H and O–H groups in total. The van der Waals surface area contributed by atoms with Gasteiger partial charge < -0.3 is 5.32 Å². The summed E-state index contributed by atoms with van der Waals surface area (Å²) in [6.45, 7) is 6.59. The Balaban J connectivity index is 1.46. The molecule has 4 rings (SSSR count). The number of amides is 1. The number of allylic oxidation sites excluding steroid dienone is 1. The van der Waals surface area contributed by atoms with Gasteiger partial charge in [-0.25, -0.2) is 0 Å². The van der Waals surface area contributed by atoms with Gasteiger partial charge in [0.1, 0.15) is 11.1 Å². The molecule has 0 aliphatic heterocycles. The molecule has 1 amide bonds. The molecule has 1 unspecified atom stereocenters. The fourth-order valence-electron chi connectivity index (χ4n) is 3.99. The number of thiophene rings is 1. The van der Waals surface area contributed by atoms with Crippen LogP contribution in [0.15, 0.2) is 48.1 Å². The monoisotopic (exact) mass is 463 g/mol. The van der Waals surface area contributed by atoms with Gasteiger partial charge in [0.25, 0.3) is 0 Å². The molecule has 0 bridgehead atoms. The number of carbonyl (C=O) groups is 1. The van der Waals surface area contributed by atoms with E-state index in [1.165, 1.54) is 16.6 Å². The number of nitriles is 1. The number of rotatable bonds is 8. The zero-order chi connectivity index (χ0) is 22.5. The highest BCUT2D eigenvalue weighted by molar-refractivity contribution is 7.99. The zero-order valence-corrected chi connectivity index (χ0v) is 19.6. The number of hydrogen-bond donors (Lipinski definition) is 1. The van der Waals surface area contributed by atoms with Crippen molar-refractivity contribution in [3.63, 3.8) is 0 Å². The minimum atomic E-state index is -0.147. The number of carbonyl (C=O) groups excluding carboxylic acids is 1. The summed E-state index contributed by atoms with van der Waals surface area (Å²) in [6, 6.07) is 12.1. The number of nitrogens with zero attached hydrogens (tertiary/aromatic N) is 4. The first kappa shape index (κ1) is 22.3. The number of benzene rings is 1. The van der Waals surface area contributed by atoms with Gasteiger partial charge in [-0.2, -0.15) is 5.26 Å². The van der Waals surface area contributed by atoms with E-state index in [-0.39, 0.29) is 11.7 Å². The Morgan fingerprint density at radius 2 is 2.22 bits per heavy atom. The van der Waals surface area contributed by atoms with Gasteiger partial charge in [-0.05, 0) is 30.7 Å². The SMILES string of the molecule is C=CCn1c(SCC(=O)Nc2sc3c(c2C#N)CCC(CC)C3)nnc1-c1ccccc1. The number of thioether (sulfide) groups is 1. The molecule has 0 radical (unpaired) electrons. The summed E-state index contributed by atoms with van der Waals surface area (Å²) in [6.07, 6.45) is 5.97. The molecule has 2 aromatic heterocycles. The predicted octanol–water partition coefficient (Wildman–Crippen LogP) is 5.31. The first-order valence-corrected chi connectivity index (χ1v) is 12.5. The average molecular weight is 464 g/mol. The van der Waals surface area contributed by atoms with Crippen LogP contribution in [0.25, 0.3) is 11.4 Å². The minimum Gasteiger partial charge on any atom is -0.316 e. The van der Waals surface area contributed by atoms with Crippen LogP contribution < -0.4 is 5.32 Å². The highest BCUT2D eigenvalue weighted by Crippen LogP contribution is 2.40. The molecule has 164 valence electrons. The fraction of sp³-hybridized carbons (Fsp3) is 0.333. The fourth-order valence-corrected chi connectivity index (χ4v) is 6.07. The third-order valence-corrected chi connectivity index (χ3v) is 7.84. The van der Waals surface area contributed by atoms with Gasteiger partial charge in [-0.15, -0.1) is 28.1 Å². The van der Waals surface area contributed by atoms with Crippen LogP contribution in [0.4, 0.5) is 5.00 Å². The molecule has 32 heavy (non-hydrogen) atoms. The molecule has 0 saturated heterocycles. The van der Waals surface area contributed by atoms with E-state index in [2.05, 4.69) is 35.1 Å². The van der Waals surface area contributed by atoms with Crippen LogP contribution in [0.5, 0.6) is 0 Å². The molecule has 3 aromatic rings. The molecular weight excluding hydrogens is 438 g/mol. The molecule has 2 heterocycles. The van der Waals surface area contributed by atoms with Crippen molar-refractivity contribution in [1.29, 1.82) is 5.26 Å². The van der Waals surface area contributed by atoms with Crippen LogP contribution in [0.3, 0.4) is 0 Å². The lowest BCUT2D eigenvalue weighted by Gasteiger charge is -2.20. The number of anilines is 1. The van der Waals surface area contributed by atoms with E-state index in [0.29, 0.717) is 28.2 Å². The van der Waals surface area contributed by atoms with Crippen molar-refractivity contribution >= 4 is 34.0 Å². The normalized spacial score (nSPS) is 15.1. The molecule has 1 aliphatic rings. The summed E-state index contributed by atoms with van der Waals surface area (Å²) in [5, 5.41) is 22.6. The Morgan fingerprint density at radius 3 is 2.94 bits per heavy atom. The van der Waals surface area contributed by atoms with Crippen molar-refractivity contribution in [1.82, 2.24) is 14.8 Å². The van der Waals surface area contributed by atoms with E-state index in [0.717, 1.165) is 42.6 Å². The molecule has 6 nitrogen and oxygen atoms in total. The standard InChI is InChI=1S/C24H25N5OS2/c1-3-12-29-22(17-8-6-5-7-9-17)27-28-24(29)31-15-21(30)26-23-19(14-25)18-11-10-16(4-2)13-20(18)32-23/h3,5-9,16H,1,4,10-13,15H2,2H3,(H,26,30). The number of aromatic nitrogens is 3. The highest BCUT2D eigenvalue weighted by atomic mass is 32.2. The Kier molecular flexibility index (Phi) is 7.08. The topological polar surface area (TPSA) is 83.6 Å². The number of nitrogens with one attached hydrogen (secondary N) is 1. The largest absolute Gasteiger partial charge is 0.316 e. The predicted molar refractivity (Wildman–Crippen MR) is 130 cm³/mol. The van der Waals surface area contributed by atoms with Crippen LogP contribution in [-0.4, -0.2) is 26.4 Å². The van der Waals surface area contributed by atoms with Crippen molar-refractivity contribution in [2.75, 3.05) is 11.1 Å². The van der Waals surface area contributed by atoms with E-state index in [1.54, 1.807) is 17.4 Å². The molecular formula is C24H25N5OS2. The first-order chi connectivity index (χ1) is 15.6. The maximum atomic E-state index is 12.7. The summed E-state index contributed by atoms with van der Waals surface area (Å²) < 4.78 is 1.95. The summed E-state index contributed by atoms with van der Waals surface area (Å²) in [4.78, 5) is 14.0. The second kappa shape index (κ2) is 10.2. The first-order valence-electron chi connectivity index (χ1n) is 10.7. The van der Waals surface area contributed by atoms with Crippen molar-refractivity contribution in [2.24, 2.45) is 5.92 Å². The lowest BCUT2D eigenvalue weighted by Crippen LogP contribution is -2.15. The third kappa shape index (κ3) is 4.64. The third-order valence-electron chi connectivity index (χ3n) is 5.70. The minimum absolute atomic E-state index is 0.147. The molecule has 0 fully saturated rings. The second-order valence-corrected chi connectivity index (χ2v) is 9.79. The van der Waals surface area contributed by atoms with E-state index in [4.69, 9.17) is 0 Å².